The number of carbonyl (C=O) groups excluding carboxylic acids is 1. The number of rotatable bonds is 6. The summed E-state index contributed by atoms with van der Waals surface area (Å²) < 4.78 is 24.0. The average molecular weight is 329 g/mol. The summed E-state index contributed by atoms with van der Waals surface area (Å²) in [5.41, 5.74) is 2.02. The van der Waals surface area contributed by atoms with Gasteiger partial charge in [-0.15, -0.1) is 0 Å². The van der Waals surface area contributed by atoms with Crippen molar-refractivity contribution >= 4 is 5.91 Å². The van der Waals surface area contributed by atoms with Gasteiger partial charge in [0.1, 0.15) is 11.6 Å². The van der Waals surface area contributed by atoms with Crippen molar-refractivity contribution in [2.45, 2.75) is 19.6 Å². The van der Waals surface area contributed by atoms with Gasteiger partial charge in [0.15, 0.2) is 6.61 Å². The van der Waals surface area contributed by atoms with Crippen LogP contribution in [0, 0.1) is 12.7 Å². The van der Waals surface area contributed by atoms with Crippen molar-refractivity contribution < 1.29 is 18.7 Å². The van der Waals surface area contributed by atoms with Crippen molar-refractivity contribution in [3.8, 4) is 5.75 Å². The van der Waals surface area contributed by atoms with E-state index in [2.05, 4.69) is 0 Å². The van der Waals surface area contributed by atoms with E-state index in [0.717, 1.165) is 11.1 Å². The SMILES string of the molecule is Cc1cccc(OCC(=O)N2CC(OCc3ccc(F)cc3)C2)c1. The molecule has 1 fully saturated rings. The van der Waals surface area contributed by atoms with Gasteiger partial charge >= 0.3 is 0 Å². The number of hydrogen-bond acceptors (Lipinski definition) is 3. The highest BCUT2D eigenvalue weighted by Crippen LogP contribution is 2.16. The molecule has 1 amide bonds. The van der Waals surface area contributed by atoms with Crippen molar-refractivity contribution in [2.24, 2.45) is 0 Å². The molecular formula is C19H20FNO3. The Kier molecular flexibility index (Phi) is 5.11. The molecule has 1 aliphatic heterocycles. The van der Waals surface area contributed by atoms with Crippen molar-refractivity contribution in [1.29, 1.82) is 0 Å². The van der Waals surface area contributed by atoms with Gasteiger partial charge in [-0.3, -0.25) is 4.79 Å². The maximum Gasteiger partial charge on any atom is 0.260 e. The summed E-state index contributed by atoms with van der Waals surface area (Å²) in [6, 6.07) is 13.9. The number of ether oxygens (including phenoxy) is 2. The lowest BCUT2D eigenvalue weighted by Crippen LogP contribution is -2.55. The molecule has 1 saturated heterocycles. The highest BCUT2D eigenvalue weighted by atomic mass is 19.1. The van der Waals surface area contributed by atoms with Gasteiger partial charge in [0.05, 0.1) is 12.7 Å². The Morgan fingerprint density at radius 1 is 1.21 bits per heavy atom. The highest BCUT2D eigenvalue weighted by Gasteiger charge is 2.31. The first-order valence-electron chi connectivity index (χ1n) is 7.93. The third-order valence-electron chi connectivity index (χ3n) is 3.95. The van der Waals surface area contributed by atoms with Crippen LogP contribution in [0.2, 0.25) is 0 Å². The monoisotopic (exact) mass is 329 g/mol. The fraction of sp³-hybridized carbons (Fsp3) is 0.316. The van der Waals surface area contributed by atoms with Crippen LogP contribution in [0.4, 0.5) is 4.39 Å². The van der Waals surface area contributed by atoms with Gasteiger partial charge in [-0.2, -0.15) is 0 Å². The van der Waals surface area contributed by atoms with Crippen LogP contribution < -0.4 is 4.74 Å². The molecule has 0 atom stereocenters. The number of halogens is 1. The van der Waals surface area contributed by atoms with Gasteiger partial charge < -0.3 is 14.4 Å². The molecular weight excluding hydrogens is 309 g/mol. The molecule has 0 aromatic heterocycles. The summed E-state index contributed by atoms with van der Waals surface area (Å²) in [4.78, 5) is 13.8. The number of hydrogen-bond donors (Lipinski definition) is 0. The van der Waals surface area contributed by atoms with Gasteiger partial charge in [-0.1, -0.05) is 24.3 Å². The smallest absolute Gasteiger partial charge is 0.260 e. The second kappa shape index (κ2) is 7.45. The summed E-state index contributed by atoms with van der Waals surface area (Å²) in [7, 11) is 0. The molecule has 1 heterocycles. The maximum absolute atomic E-state index is 12.8. The summed E-state index contributed by atoms with van der Waals surface area (Å²) in [6.07, 6.45) is 0.0259. The first kappa shape index (κ1) is 16.5. The molecule has 2 aromatic carbocycles. The Balaban J connectivity index is 1.36. The molecule has 0 bridgehead atoms. The van der Waals surface area contributed by atoms with E-state index >= 15 is 0 Å². The Morgan fingerprint density at radius 3 is 2.67 bits per heavy atom. The number of carbonyl (C=O) groups is 1. The van der Waals surface area contributed by atoms with Gasteiger partial charge in [-0.05, 0) is 42.3 Å². The molecule has 2 aromatic rings. The van der Waals surface area contributed by atoms with Gasteiger partial charge in [-0.25, -0.2) is 4.39 Å². The van der Waals surface area contributed by atoms with Crippen LogP contribution in [0.25, 0.3) is 0 Å². The van der Waals surface area contributed by atoms with Crippen LogP contribution in [0.15, 0.2) is 48.5 Å². The third-order valence-corrected chi connectivity index (χ3v) is 3.95. The molecule has 0 radical (unpaired) electrons. The summed E-state index contributed by atoms with van der Waals surface area (Å²) in [5, 5.41) is 0. The molecule has 24 heavy (non-hydrogen) atoms. The predicted octanol–water partition coefficient (Wildman–Crippen LogP) is 2.94. The third kappa shape index (κ3) is 4.32. The summed E-state index contributed by atoms with van der Waals surface area (Å²) in [6.45, 7) is 3.57. The Labute approximate surface area is 140 Å². The topological polar surface area (TPSA) is 38.8 Å². The Morgan fingerprint density at radius 2 is 1.96 bits per heavy atom. The minimum atomic E-state index is -0.257. The fourth-order valence-corrected chi connectivity index (χ4v) is 2.48. The van der Waals surface area contributed by atoms with Crippen LogP contribution in [0.3, 0.4) is 0 Å². The summed E-state index contributed by atoms with van der Waals surface area (Å²) >= 11 is 0. The van der Waals surface area contributed by atoms with Crippen LogP contribution in [0.5, 0.6) is 5.75 Å². The predicted molar refractivity (Wildman–Crippen MR) is 88.2 cm³/mol. The van der Waals surface area contributed by atoms with E-state index in [4.69, 9.17) is 9.47 Å². The minimum absolute atomic E-state index is 0.0259. The quantitative estimate of drug-likeness (QED) is 0.818. The zero-order chi connectivity index (χ0) is 16.9. The van der Waals surface area contributed by atoms with Crippen LogP contribution in [-0.2, 0) is 16.1 Å². The molecule has 0 N–H and O–H groups in total. The Hall–Kier alpha value is -2.40. The molecule has 0 saturated carbocycles. The molecule has 3 rings (SSSR count). The second-order valence-corrected chi connectivity index (χ2v) is 5.96. The van der Waals surface area contributed by atoms with E-state index in [-0.39, 0.29) is 24.4 Å². The summed E-state index contributed by atoms with van der Waals surface area (Å²) in [5.74, 6) is 0.402. The van der Waals surface area contributed by atoms with Crippen LogP contribution >= 0.6 is 0 Å². The molecule has 5 heteroatoms. The molecule has 0 aliphatic carbocycles. The molecule has 0 spiro atoms. The number of aryl methyl sites for hydroxylation is 1. The van der Waals surface area contributed by atoms with Crippen LogP contribution in [-0.4, -0.2) is 36.6 Å². The fourth-order valence-electron chi connectivity index (χ4n) is 2.48. The Bertz CT molecular complexity index is 696. The zero-order valence-electron chi connectivity index (χ0n) is 13.6. The lowest BCUT2D eigenvalue weighted by atomic mass is 10.1. The zero-order valence-corrected chi connectivity index (χ0v) is 13.6. The normalized spacial score (nSPS) is 14.3. The van der Waals surface area contributed by atoms with Gasteiger partial charge in [0.25, 0.3) is 5.91 Å². The first-order valence-corrected chi connectivity index (χ1v) is 7.93. The lowest BCUT2D eigenvalue weighted by molar-refractivity contribution is -0.148. The van der Waals surface area contributed by atoms with Gasteiger partial charge in [0.2, 0.25) is 0 Å². The van der Waals surface area contributed by atoms with Crippen molar-refractivity contribution in [1.82, 2.24) is 4.90 Å². The average Bonchev–Trinajstić information content (AvgIpc) is 2.53. The van der Waals surface area contributed by atoms with E-state index in [1.165, 1.54) is 12.1 Å². The van der Waals surface area contributed by atoms with E-state index in [1.54, 1.807) is 17.0 Å². The number of nitrogens with zero attached hydrogens (tertiary/aromatic N) is 1. The van der Waals surface area contributed by atoms with E-state index < -0.39 is 0 Å². The lowest BCUT2D eigenvalue weighted by Gasteiger charge is -2.38. The second-order valence-electron chi connectivity index (χ2n) is 5.96. The van der Waals surface area contributed by atoms with Crippen molar-refractivity contribution in [3.63, 3.8) is 0 Å². The first-order chi connectivity index (χ1) is 11.6. The highest BCUT2D eigenvalue weighted by molar-refractivity contribution is 5.78. The number of benzene rings is 2. The molecule has 1 aliphatic rings. The number of likely N-dealkylation sites (tertiary alicyclic amines) is 1. The largest absolute Gasteiger partial charge is 0.484 e. The van der Waals surface area contributed by atoms with E-state index in [9.17, 15) is 9.18 Å². The molecule has 126 valence electrons. The van der Waals surface area contributed by atoms with E-state index in [0.29, 0.717) is 25.4 Å². The van der Waals surface area contributed by atoms with Gasteiger partial charge in [0, 0.05) is 13.1 Å². The standard InChI is InChI=1S/C19H20FNO3/c1-14-3-2-4-17(9-14)24-13-19(22)21-10-18(11-21)23-12-15-5-7-16(20)8-6-15/h2-9,18H,10-13H2,1H3. The molecule has 0 unspecified atom stereocenters. The van der Waals surface area contributed by atoms with Crippen molar-refractivity contribution in [2.75, 3.05) is 19.7 Å². The van der Waals surface area contributed by atoms with Crippen LogP contribution in [0.1, 0.15) is 11.1 Å². The number of amides is 1. The maximum atomic E-state index is 12.8. The minimum Gasteiger partial charge on any atom is -0.484 e. The molecule has 4 nitrogen and oxygen atoms in total. The van der Waals surface area contributed by atoms with Crippen molar-refractivity contribution in [3.05, 3.63) is 65.5 Å². The van der Waals surface area contributed by atoms with E-state index in [1.807, 2.05) is 31.2 Å².